The number of aryl methyl sites for hydroxylation is 1. The predicted molar refractivity (Wildman–Crippen MR) is 72.4 cm³/mol. The van der Waals surface area contributed by atoms with Crippen molar-refractivity contribution in [2.45, 2.75) is 45.6 Å². The molecule has 0 aromatic carbocycles. The van der Waals surface area contributed by atoms with E-state index in [1.807, 2.05) is 13.8 Å². The Bertz CT molecular complexity index is 422. The molecule has 0 radical (unpaired) electrons. The number of hydrogen-bond acceptors (Lipinski definition) is 5. The molecule has 0 bridgehead atoms. The van der Waals surface area contributed by atoms with Crippen LogP contribution < -0.4 is 11.1 Å². The molecule has 1 saturated carbocycles. The van der Waals surface area contributed by atoms with Crippen LogP contribution in [0.15, 0.2) is 0 Å². The van der Waals surface area contributed by atoms with Gasteiger partial charge in [-0.05, 0) is 26.7 Å². The van der Waals surface area contributed by atoms with E-state index in [1.165, 1.54) is 12.8 Å². The minimum atomic E-state index is 0.232. The van der Waals surface area contributed by atoms with Crippen molar-refractivity contribution in [3.63, 3.8) is 0 Å². The topological polar surface area (TPSA) is 84.1 Å². The van der Waals surface area contributed by atoms with Crippen molar-refractivity contribution in [1.82, 2.24) is 9.97 Å². The summed E-state index contributed by atoms with van der Waals surface area (Å²) in [6.45, 7) is 4.00. The Morgan fingerprint density at radius 2 is 2.00 bits per heavy atom. The summed E-state index contributed by atoms with van der Waals surface area (Å²) >= 11 is 0. The van der Waals surface area contributed by atoms with Gasteiger partial charge in [0.15, 0.2) is 0 Å². The molecule has 1 aromatic rings. The third-order valence-corrected chi connectivity index (χ3v) is 3.76. The quantitative estimate of drug-likeness (QED) is 0.759. The molecule has 0 amide bonds. The Morgan fingerprint density at radius 3 is 2.72 bits per heavy atom. The molecule has 0 aliphatic heterocycles. The number of aromatic nitrogens is 2. The summed E-state index contributed by atoms with van der Waals surface area (Å²) in [5, 5.41) is 12.9. The van der Waals surface area contributed by atoms with Gasteiger partial charge in [0.2, 0.25) is 0 Å². The normalized spacial score (nSPS) is 23.9. The third-order valence-electron chi connectivity index (χ3n) is 3.76. The minimum absolute atomic E-state index is 0.232. The molecule has 5 nitrogen and oxygen atoms in total. The Hall–Kier alpha value is -1.36. The Labute approximate surface area is 108 Å². The van der Waals surface area contributed by atoms with Gasteiger partial charge < -0.3 is 16.2 Å². The van der Waals surface area contributed by atoms with Gasteiger partial charge >= 0.3 is 0 Å². The van der Waals surface area contributed by atoms with Crippen LogP contribution in [0, 0.1) is 19.8 Å². The number of nitrogens with zero attached hydrogens (tertiary/aromatic N) is 2. The average Bonchev–Trinajstić information content (AvgIpc) is 2.36. The van der Waals surface area contributed by atoms with E-state index in [-0.39, 0.29) is 12.6 Å². The first kappa shape index (κ1) is 13.1. The van der Waals surface area contributed by atoms with E-state index in [2.05, 4.69) is 15.3 Å². The van der Waals surface area contributed by atoms with E-state index < -0.39 is 0 Å². The van der Waals surface area contributed by atoms with Crippen molar-refractivity contribution in [3.05, 3.63) is 11.4 Å². The van der Waals surface area contributed by atoms with E-state index >= 15 is 0 Å². The highest BCUT2D eigenvalue weighted by atomic mass is 16.3. The highest BCUT2D eigenvalue weighted by Gasteiger charge is 2.25. The predicted octanol–water partition coefficient (Wildman–Crippen LogP) is 1.64. The minimum Gasteiger partial charge on any atom is -0.396 e. The number of aliphatic hydroxyl groups is 1. The van der Waals surface area contributed by atoms with Crippen molar-refractivity contribution in [2.75, 3.05) is 17.7 Å². The van der Waals surface area contributed by atoms with Gasteiger partial charge in [0.25, 0.3) is 0 Å². The molecule has 18 heavy (non-hydrogen) atoms. The van der Waals surface area contributed by atoms with Crippen molar-refractivity contribution >= 4 is 11.6 Å². The lowest BCUT2D eigenvalue weighted by Crippen LogP contribution is -2.35. The van der Waals surface area contributed by atoms with Crippen molar-refractivity contribution in [1.29, 1.82) is 0 Å². The molecule has 0 saturated heterocycles. The van der Waals surface area contributed by atoms with E-state index in [1.54, 1.807) is 0 Å². The molecular formula is C13H22N4O. The number of nitrogens with two attached hydrogens (primary N) is 1. The number of nitrogens with one attached hydrogen (secondary N) is 1. The van der Waals surface area contributed by atoms with E-state index in [4.69, 9.17) is 5.73 Å². The first-order valence-corrected chi connectivity index (χ1v) is 6.60. The zero-order valence-corrected chi connectivity index (χ0v) is 11.1. The van der Waals surface area contributed by atoms with Gasteiger partial charge in [0.05, 0.1) is 0 Å². The zero-order chi connectivity index (χ0) is 13.1. The van der Waals surface area contributed by atoms with Gasteiger partial charge in [-0.2, -0.15) is 0 Å². The molecule has 1 aromatic heterocycles. The summed E-state index contributed by atoms with van der Waals surface area (Å²) in [7, 11) is 0. The van der Waals surface area contributed by atoms with Crippen LogP contribution in [-0.4, -0.2) is 27.7 Å². The number of hydrogen-bond donors (Lipinski definition) is 3. The number of aliphatic hydroxyl groups excluding tert-OH is 1. The van der Waals surface area contributed by atoms with Crippen LogP contribution in [0.25, 0.3) is 0 Å². The molecule has 4 N–H and O–H groups in total. The summed E-state index contributed by atoms with van der Waals surface area (Å²) < 4.78 is 0. The Balaban J connectivity index is 2.17. The second kappa shape index (κ2) is 5.52. The van der Waals surface area contributed by atoms with Crippen molar-refractivity contribution < 1.29 is 5.11 Å². The fourth-order valence-electron chi connectivity index (χ4n) is 2.58. The van der Waals surface area contributed by atoms with E-state index in [0.29, 0.717) is 17.6 Å². The van der Waals surface area contributed by atoms with Gasteiger partial charge in [-0.15, -0.1) is 0 Å². The molecule has 100 valence electrons. The second-order valence-corrected chi connectivity index (χ2v) is 5.11. The van der Waals surface area contributed by atoms with Gasteiger partial charge in [0, 0.05) is 24.1 Å². The molecule has 2 unspecified atom stereocenters. The largest absolute Gasteiger partial charge is 0.396 e. The number of nitrogen functional groups attached to an aromatic ring is 1. The molecule has 1 aliphatic carbocycles. The molecular weight excluding hydrogens is 228 g/mol. The maximum atomic E-state index is 9.42. The summed E-state index contributed by atoms with van der Waals surface area (Å²) in [6.07, 6.45) is 4.56. The lowest BCUT2D eigenvalue weighted by atomic mass is 9.85. The maximum Gasteiger partial charge on any atom is 0.134 e. The van der Waals surface area contributed by atoms with Crippen LogP contribution in [-0.2, 0) is 0 Å². The molecule has 2 rings (SSSR count). The van der Waals surface area contributed by atoms with E-state index in [0.717, 1.165) is 24.2 Å². The fourth-order valence-corrected chi connectivity index (χ4v) is 2.58. The number of anilines is 2. The molecule has 5 heteroatoms. The van der Waals surface area contributed by atoms with Crippen LogP contribution in [0.2, 0.25) is 0 Å². The summed E-state index contributed by atoms with van der Waals surface area (Å²) in [5.74, 6) is 2.33. The molecule has 1 fully saturated rings. The van der Waals surface area contributed by atoms with Crippen LogP contribution >= 0.6 is 0 Å². The summed E-state index contributed by atoms with van der Waals surface area (Å²) in [4.78, 5) is 8.56. The fraction of sp³-hybridized carbons (Fsp3) is 0.692. The Kier molecular flexibility index (Phi) is 4.01. The van der Waals surface area contributed by atoms with Crippen LogP contribution in [0.5, 0.6) is 0 Å². The Morgan fingerprint density at radius 1 is 1.28 bits per heavy atom. The zero-order valence-electron chi connectivity index (χ0n) is 11.1. The maximum absolute atomic E-state index is 9.42. The van der Waals surface area contributed by atoms with Crippen molar-refractivity contribution in [3.8, 4) is 0 Å². The van der Waals surface area contributed by atoms with Crippen LogP contribution in [0.1, 0.15) is 37.1 Å². The molecule has 1 heterocycles. The molecule has 2 atom stereocenters. The van der Waals surface area contributed by atoms with Gasteiger partial charge in [-0.1, -0.05) is 12.8 Å². The highest BCUT2D eigenvalue weighted by molar-refractivity contribution is 5.55. The smallest absolute Gasteiger partial charge is 0.134 e. The lowest BCUT2D eigenvalue weighted by molar-refractivity contribution is 0.178. The standard InChI is InChI=1S/C13H22N4O/c1-8-12(14)15-9(2)16-13(8)17-11-6-4-3-5-10(11)7-18/h10-11,18H,3-7H2,1-2H3,(H3,14,15,16,17). The first-order chi connectivity index (χ1) is 8.61. The molecule has 1 aliphatic rings. The third kappa shape index (κ3) is 2.72. The van der Waals surface area contributed by atoms with Gasteiger partial charge in [0.1, 0.15) is 17.5 Å². The SMILES string of the molecule is Cc1nc(N)c(C)c(NC2CCCCC2CO)n1. The van der Waals surface area contributed by atoms with Crippen LogP contribution in [0.4, 0.5) is 11.6 Å². The summed E-state index contributed by atoms with van der Waals surface area (Å²) in [6, 6.07) is 0.288. The lowest BCUT2D eigenvalue weighted by Gasteiger charge is -2.31. The van der Waals surface area contributed by atoms with Crippen LogP contribution in [0.3, 0.4) is 0 Å². The average molecular weight is 250 g/mol. The molecule has 0 spiro atoms. The second-order valence-electron chi connectivity index (χ2n) is 5.11. The van der Waals surface area contributed by atoms with Gasteiger partial charge in [-0.25, -0.2) is 9.97 Å². The van der Waals surface area contributed by atoms with Gasteiger partial charge in [-0.3, -0.25) is 0 Å². The van der Waals surface area contributed by atoms with E-state index in [9.17, 15) is 5.11 Å². The highest BCUT2D eigenvalue weighted by Crippen LogP contribution is 2.28. The summed E-state index contributed by atoms with van der Waals surface area (Å²) in [5.41, 5.74) is 6.74. The first-order valence-electron chi connectivity index (χ1n) is 6.60. The van der Waals surface area contributed by atoms with Crippen molar-refractivity contribution in [2.24, 2.45) is 5.92 Å². The number of rotatable bonds is 3. The monoisotopic (exact) mass is 250 g/mol.